The van der Waals surface area contributed by atoms with Gasteiger partial charge in [-0.1, -0.05) is 6.92 Å². The van der Waals surface area contributed by atoms with Crippen molar-refractivity contribution >= 4 is 11.6 Å². The van der Waals surface area contributed by atoms with Crippen LogP contribution >= 0.6 is 0 Å². The van der Waals surface area contributed by atoms with Gasteiger partial charge in [-0.3, -0.25) is 4.79 Å². The zero-order valence-electron chi connectivity index (χ0n) is 12.2. The van der Waals surface area contributed by atoms with Crippen molar-refractivity contribution in [2.45, 2.75) is 39.5 Å². The lowest BCUT2D eigenvalue weighted by atomic mass is 9.70. The third-order valence-corrected chi connectivity index (χ3v) is 4.54. The topological polar surface area (TPSA) is 55.1 Å². The summed E-state index contributed by atoms with van der Waals surface area (Å²) >= 11 is 0. The standard InChI is InChI=1S/C16H23FN2O/c1-11-5-7-16(10-18,8-6-11)15(20)19-14-4-3-13(17)9-12(14)2/h3-4,9,11H,5-8,10,18H2,1-2H3,(H,19,20). The molecule has 0 unspecified atom stereocenters. The van der Waals surface area contributed by atoms with Gasteiger partial charge in [0.2, 0.25) is 5.91 Å². The highest BCUT2D eigenvalue weighted by atomic mass is 19.1. The van der Waals surface area contributed by atoms with Crippen LogP contribution in [-0.2, 0) is 4.79 Å². The van der Waals surface area contributed by atoms with Crippen LogP contribution in [0.3, 0.4) is 0 Å². The Morgan fingerprint density at radius 1 is 1.45 bits per heavy atom. The summed E-state index contributed by atoms with van der Waals surface area (Å²) in [7, 11) is 0. The van der Waals surface area contributed by atoms with E-state index in [1.807, 2.05) is 0 Å². The Kier molecular flexibility index (Phi) is 4.43. The van der Waals surface area contributed by atoms with Gasteiger partial charge in [0, 0.05) is 12.2 Å². The first-order valence-electron chi connectivity index (χ1n) is 7.24. The fourth-order valence-corrected chi connectivity index (χ4v) is 2.86. The Hall–Kier alpha value is -1.42. The van der Waals surface area contributed by atoms with Gasteiger partial charge in [0.15, 0.2) is 0 Å². The van der Waals surface area contributed by atoms with Crippen LogP contribution in [0, 0.1) is 24.1 Å². The number of anilines is 1. The zero-order chi connectivity index (χ0) is 14.8. The largest absolute Gasteiger partial charge is 0.329 e. The average Bonchev–Trinajstić information content (AvgIpc) is 2.43. The number of amides is 1. The number of benzene rings is 1. The molecule has 1 amide bonds. The van der Waals surface area contributed by atoms with Crippen LogP contribution in [0.2, 0.25) is 0 Å². The Balaban J connectivity index is 2.13. The summed E-state index contributed by atoms with van der Waals surface area (Å²) < 4.78 is 13.1. The Labute approximate surface area is 119 Å². The molecule has 1 fully saturated rings. The third kappa shape index (κ3) is 3.01. The molecule has 3 N–H and O–H groups in total. The van der Waals surface area contributed by atoms with Gasteiger partial charge in [-0.2, -0.15) is 0 Å². The van der Waals surface area contributed by atoms with Crippen LogP contribution in [0.4, 0.5) is 10.1 Å². The van der Waals surface area contributed by atoms with Crippen molar-refractivity contribution in [3.05, 3.63) is 29.6 Å². The van der Waals surface area contributed by atoms with Crippen LogP contribution < -0.4 is 11.1 Å². The van der Waals surface area contributed by atoms with Crippen molar-refractivity contribution in [3.63, 3.8) is 0 Å². The van der Waals surface area contributed by atoms with E-state index in [1.54, 1.807) is 13.0 Å². The SMILES string of the molecule is Cc1cc(F)ccc1NC(=O)C1(CN)CCC(C)CC1. The number of carbonyl (C=O) groups excluding carboxylic acids is 1. The molecular weight excluding hydrogens is 255 g/mol. The summed E-state index contributed by atoms with van der Waals surface area (Å²) in [4.78, 5) is 12.6. The molecule has 0 heterocycles. The van der Waals surface area contributed by atoms with Gasteiger partial charge in [-0.25, -0.2) is 4.39 Å². The molecule has 0 atom stereocenters. The van der Waals surface area contributed by atoms with E-state index in [0.717, 1.165) is 31.2 Å². The van der Waals surface area contributed by atoms with E-state index >= 15 is 0 Å². The molecule has 0 saturated heterocycles. The maximum absolute atomic E-state index is 13.1. The van der Waals surface area contributed by atoms with E-state index in [2.05, 4.69) is 12.2 Å². The van der Waals surface area contributed by atoms with E-state index in [9.17, 15) is 9.18 Å². The van der Waals surface area contributed by atoms with Gasteiger partial charge >= 0.3 is 0 Å². The van der Waals surface area contributed by atoms with E-state index < -0.39 is 5.41 Å². The van der Waals surface area contributed by atoms with Crippen molar-refractivity contribution in [2.24, 2.45) is 17.1 Å². The molecule has 3 nitrogen and oxygen atoms in total. The number of carbonyl (C=O) groups is 1. The summed E-state index contributed by atoms with van der Waals surface area (Å²) in [6, 6.07) is 4.40. The molecule has 20 heavy (non-hydrogen) atoms. The van der Waals surface area contributed by atoms with Crippen molar-refractivity contribution in [1.29, 1.82) is 0 Å². The number of halogens is 1. The van der Waals surface area contributed by atoms with Gasteiger partial charge in [-0.15, -0.1) is 0 Å². The van der Waals surface area contributed by atoms with E-state index in [4.69, 9.17) is 5.73 Å². The highest BCUT2D eigenvalue weighted by molar-refractivity contribution is 5.96. The molecule has 0 aromatic heterocycles. The second-order valence-corrected chi connectivity index (χ2v) is 6.08. The maximum Gasteiger partial charge on any atom is 0.231 e. The lowest BCUT2D eigenvalue weighted by Crippen LogP contribution is -2.44. The van der Waals surface area contributed by atoms with E-state index in [0.29, 0.717) is 18.2 Å². The minimum atomic E-state index is -0.465. The van der Waals surface area contributed by atoms with Gasteiger partial charge in [0.1, 0.15) is 5.82 Å². The number of nitrogens with two attached hydrogens (primary N) is 1. The van der Waals surface area contributed by atoms with Crippen molar-refractivity contribution in [3.8, 4) is 0 Å². The predicted molar refractivity (Wildman–Crippen MR) is 78.9 cm³/mol. The fourth-order valence-electron chi connectivity index (χ4n) is 2.86. The summed E-state index contributed by atoms with van der Waals surface area (Å²) in [5.41, 5.74) is 6.82. The summed E-state index contributed by atoms with van der Waals surface area (Å²) in [5, 5.41) is 2.93. The summed E-state index contributed by atoms with van der Waals surface area (Å²) in [6.07, 6.45) is 3.73. The van der Waals surface area contributed by atoms with Crippen LogP contribution in [0.25, 0.3) is 0 Å². The lowest BCUT2D eigenvalue weighted by molar-refractivity contribution is -0.127. The Bertz CT molecular complexity index is 493. The van der Waals surface area contributed by atoms with E-state index in [-0.39, 0.29) is 11.7 Å². The molecule has 1 aromatic carbocycles. The quantitative estimate of drug-likeness (QED) is 0.892. The maximum atomic E-state index is 13.1. The molecule has 1 aromatic rings. The van der Waals surface area contributed by atoms with Crippen molar-refractivity contribution in [1.82, 2.24) is 0 Å². The molecule has 0 radical (unpaired) electrons. The second kappa shape index (κ2) is 5.92. The van der Waals surface area contributed by atoms with Gasteiger partial charge < -0.3 is 11.1 Å². The number of nitrogens with one attached hydrogen (secondary N) is 1. The molecule has 1 aliphatic rings. The molecule has 1 saturated carbocycles. The van der Waals surface area contributed by atoms with Crippen LogP contribution in [0.15, 0.2) is 18.2 Å². The fraction of sp³-hybridized carbons (Fsp3) is 0.562. The van der Waals surface area contributed by atoms with Gasteiger partial charge in [-0.05, 0) is 62.3 Å². The number of hydrogen-bond donors (Lipinski definition) is 2. The predicted octanol–water partition coefficient (Wildman–Crippen LogP) is 3.23. The lowest BCUT2D eigenvalue weighted by Gasteiger charge is -2.37. The Morgan fingerprint density at radius 3 is 2.65 bits per heavy atom. The zero-order valence-corrected chi connectivity index (χ0v) is 12.2. The van der Waals surface area contributed by atoms with Crippen LogP contribution in [-0.4, -0.2) is 12.5 Å². The highest BCUT2D eigenvalue weighted by Gasteiger charge is 2.39. The minimum absolute atomic E-state index is 0.0263. The molecule has 0 spiro atoms. The first kappa shape index (κ1) is 15.0. The molecule has 2 rings (SSSR count). The second-order valence-electron chi connectivity index (χ2n) is 6.08. The van der Waals surface area contributed by atoms with Crippen molar-refractivity contribution in [2.75, 3.05) is 11.9 Å². The van der Waals surface area contributed by atoms with Gasteiger partial charge in [0.05, 0.1) is 5.41 Å². The molecule has 1 aliphatic carbocycles. The smallest absolute Gasteiger partial charge is 0.231 e. The number of rotatable bonds is 3. The molecule has 4 heteroatoms. The summed E-state index contributed by atoms with van der Waals surface area (Å²) in [5.74, 6) is 0.345. The molecule has 110 valence electrons. The number of aryl methyl sites for hydroxylation is 1. The van der Waals surface area contributed by atoms with Crippen LogP contribution in [0.5, 0.6) is 0 Å². The monoisotopic (exact) mass is 278 g/mol. The first-order chi connectivity index (χ1) is 9.47. The minimum Gasteiger partial charge on any atom is -0.329 e. The summed E-state index contributed by atoms with van der Waals surface area (Å²) in [6.45, 7) is 4.37. The average molecular weight is 278 g/mol. The molecular formula is C16H23FN2O. The van der Waals surface area contributed by atoms with Crippen LogP contribution in [0.1, 0.15) is 38.2 Å². The number of hydrogen-bond acceptors (Lipinski definition) is 2. The first-order valence-corrected chi connectivity index (χ1v) is 7.24. The Morgan fingerprint density at radius 2 is 2.10 bits per heavy atom. The highest BCUT2D eigenvalue weighted by Crippen LogP contribution is 2.39. The van der Waals surface area contributed by atoms with Gasteiger partial charge in [0.25, 0.3) is 0 Å². The molecule has 0 bridgehead atoms. The van der Waals surface area contributed by atoms with E-state index in [1.165, 1.54) is 12.1 Å². The molecule has 0 aliphatic heterocycles. The third-order valence-electron chi connectivity index (χ3n) is 4.54. The normalized spacial score (nSPS) is 26.3. The van der Waals surface area contributed by atoms with Crippen molar-refractivity contribution < 1.29 is 9.18 Å².